The molecule has 0 aliphatic heterocycles. The number of halogens is 3. The van der Waals surface area contributed by atoms with E-state index in [1.807, 2.05) is 19.1 Å². The van der Waals surface area contributed by atoms with Crippen LogP contribution in [0.3, 0.4) is 0 Å². The summed E-state index contributed by atoms with van der Waals surface area (Å²) < 4.78 is 43.2. The van der Waals surface area contributed by atoms with E-state index >= 15 is 0 Å². The summed E-state index contributed by atoms with van der Waals surface area (Å²) in [6.45, 7) is 2.05. The van der Waals surface area contributed by atoms with Crippen LogP contribution in [-0.4, -0.2) is 18.5 Å². The van der Waals surface area contributed by atoms with E-state index in [4.69, 9.17) is 4.74 Å². The molecule has 0 saturated heterocycles. The van der Waals surface area contributed by atoms with E-state index in [9.17, 15) is 18.0 Å². The fraction of sp³-hybridized carbons (Fsp3) is 0.588. The molecule has 0 N–H and O–H groups in total. The molecule has 2 rings (SSSR count). The summed E-state index contributed by atoms with van der Waals surface area (Å²) in [6.07, 6.45) is 0.559. The molecule has 0 radical (unpaired) electrons. The van der Waals surface area contributed by atoms with Crippen LogP contribution in [-0.2, 0) is 16.0 Å². The lowest BCUT2D eigenvalue weighted by Crippen LogP contribution is -2.27. The van der Waals surface area contributed by atoms with E-state index in [1.165, 1.54) is 0 Å². The average Bonchev–Trinajstić information content (AvgIpc) is 2.49. The average molecular weight is 314 g/mol. The fourth-order valence-electron chi connectivity index (χ4n) is 3.05. The van der Waals surface area contributed by atoms with E-state index in [0.717, 1.165) is 18.4 Å². The highest BCUT2D eigenvalue weighted by molar-refractivity contribution is 5.72. The van der Waals surface area contributed by atoms with Gasteiger partial charge in [-0.25, -0.2) is 9.18 Å². The van der Waals surface area contributed by atoms with Gasteiger partial charge in [-0.1, -0.05) is 25.5 Å². The van der Waals surface area contributed by atoms with Crippen LogP contribution in [0, 0.1) is 5.82 Å². The molecule has 122 valence electrons. The summed E-state index contributed by atoms with van der Waals surface area (Å²) in [4.78, 5) is 10.9. The molecule has 22 heavy (non-hydrogen) atoms. The maximum Gasteiger partial charge on any atom is 0.374 e. The van der Waals surface area contributed by atoms with Crippen LogP contribution in [0.25, 0.3) is 0 Å². The topological polar surface area (TPSA) is 26.3 Å². The Morgan fingerprint density at radius 2 is 1.95 bits per heavy atom. The van der Waals surface area contributed by atoms with Gasteiger partial charge in [0.1, 0.15) is 11.9 Å². The molecule has 1 aliphatic carbocycles. The quantitative estimate of drug-likeness (QED) is 0.742. The predicted molar refractivity (Wildman–Crippen MR) is 77.5 cm³/mol. The highest BCUT2D eigenvalue weighted by atomic mass is 19.3. The van der Waals surface area contributed by atoms with Crippen LogP contribution >= 0.6 is 0 Å². The highest BCUT2D eigenvalue weighted by Crippen LogP contribution is 2.35. The molecule has 5 heteroatoms. The third-order valence-electron chi connectivity index (χ3n) is 4.18. The molecule has 0 aromatic heterocycles. The predicted octanol–water partition coefficient (Wildman–Crippen LogP) is 4.61. The van der Waals surface area contributed by atoms with Gasteiger partial charge >= 0.3 is 12.4 Å². The first-order valence-electron chi connectivity index (χ1n) is 7.78. The van der Waals surface area contributed by atoms with E-state index in [1.54, 1.807) is 6.07 Å². The number of hydrogen-bond acceptors (Lipinski definition) is 2. The van der Waals surface area contributed by atoms with Crippen molar-refractivity contribution >= 4 is 5.97 Å². The molecule has 0 amide bonds. The van der Waals surface area contributed by atoms with Gasteiger partial charge in [-0.3, -0.25) is 0 Å². The Hall–Kier alpha value is -1.52. The number of alkyl halides is 2. The third-order valence-corrected chi connectivity index (χ3v) is 4.18. The summed E-state index contributed by atoms with van der Waals surface area (Å²) in [5.74, 6) is -1.59. The second-order valence-corrected chi connectivity index (χ2v) is 5.82. The van der Waals surface area contributed by atoms with E-state index < -0.39 is 18.5 Å². The van der Waals surface area contributed by atoms with Gasteiger partial charge in [0.25, 0.3) is 0 Å². The molecular weight excluding hydrogens is 293 g/mol. The molecule has 0 heterocycles. The number of ether oxygens (including phenoxy) is 1. The molecule has 2 nitrogen and oxygen atoms in total. The molecule has 0 bridgehead atoms. The molecule has 1 aliphatic rings. The second kappa shape index (κ2) is 7.65. The summed E-state index contributed by atoms with van der Waals surface area (Å²) >= 11 is 0. The zero-order chi connectivity index (χ0) is 16.1. The molecule has 1 aromatic rings. The first kappa shape index (κ1) is 16.8. The van der Waals surface area contributed by atoms with Crippen molar-refractivity contribution in [2.45, 2.75) is 63.9 Å². The van der Waals surface area contributed by atoms with E-state index in [-0.39, 0.29) is 11.7 Å². The summed E-state index contributed by atoms with van der Waals surface area (Å²) in [5, 5.41) is 0. The van der Waals surface area contributed by atoms with Gasteiger partial charge < -0.3 is 4.74 Å². The van der Waals surface area contributed by atoms with Gasteiger partial charge in [0, 0.05) is 0 Å². The van der Waals surface area contributed by atoms with Crippen LogP contribution in [0.2, 0.25) is 0 Å². The molecule has 0 unspecified atom stereocenters. The van der Waals surface area contributed by atoms with Crippen molar-refractivity contribution in [2.24, 2.45) is 0 Å². The lowest BCUT2D eigenvalue weighted by atomic mass is 9.82. The maximum atomic E-state index is 14.2. The number of esters is 1. The first-order valence-corrected chi connectivity index (χ1v) is 7.78. The van der Waals surface area contributed by atoms with Crippen molar-refractivity contribution in [1.82, 2.24) is 0 Å². The molecule has 0 spiro atoms. The third kappa shape index (κ3) is 4.24. The minimum atomic E-state index is -3.08. The number of aryl methyl sites for hydroxylation is 1. The summed E-state index contributed by atoms with van der Waals surface area (Å²) in [5.41, 5.74) is 1.67. The van der Waals surface area contributed by atoms with Gasteiger partial charge in [-0.05, 0) is 55.2 Å². The standard InChI is InChI=1S/C17H21F3O2/c1-2-3-11-4-9-14(15(18)10-11)12-5-7-13(8-6-12)22-17(21)16(19)20/h4,9-10,12-13,16H,2-3,5-8H2,1H3. The zero-order valence-electron chi connectivity index (χ0n) is 12.7. The second-order valence-electron chi connectivity index (χ2n) is 5.82. The van der Waals surface area contributed by atoms with Crippen LogP contribution < -0.4 is 0 Å². The monoisotopic (exact) mass is 314 g/mol. The van der Waals surface area contributed by atoms with Gasteiger partial charge in [0.2, 0.25) is 0 Å². The van der Waals surface area contributed by atoms with Crippen molar-refractivity contribution in [2.75, 3.05) is 0 Å². The van der Waals surface area contributed by atoms with Crippen LogP contribution in [0.5, 0.6) is 0 Å². The zero-order valence-corrected chi connectivity index (χ0v) is 12.7. The Morgan fingerprint density at radius 3 is 2.50 bits per heavy atom. The molecule has 1 saturated carbocycles. The smallest absolute Gasteiger partial charge is 0.374 e. The fourth-order valence-corrected chi connectivity index (χ4v) is 3.05. The van der Waals surface area contributed by atoms with E-state index in [2.05, 4.69) is 0 Å². The number of carbonyl (C=O) groups is 1. The Labute approximate surface area is 128 Å². The number of hydrogen-bond donors (Lipinski definition) is 0. The van der Waals surface area contributed by atoms with Crippen molar-refractivity contribution < 1.29 is 22.7 Å². The molecule has 1 fully saturated rings. The normalized spacial score (nSPS) is 21.9. The van der Waals surface area contributed by atoms with Crippen molar-refractivity contribution in [3.05, 3.63) is 35.1 Å². The Kier molecular flexibility index (Phi) is 5.86. The SMILES string of the molecule is CCCc1ccc(C2CCC(OC(=O)C(F)F)CC2)c(F)c1. The van der Waals surface area contributed by atoms with Crippen LogP contribution in [0.1, 0.15) is 56.1 Å². The lowest BCUT2D eigenvalue weighted by Gasteiger charge is -2.28. The molecule has 0 atom stereocenters. The van der Waals surface area contributed by atoms with Gasteiger partial charge in [0.05, 0.1) is 0 Å². The Morgan fingerprint density at radius 1 is 1.27 bits per heavy atom. The minimum absolute atomic E-state index is 0.0668. The summed E-state index contributed by atoms with van der Waals surface area (Å²) in [7, 11) is 0. The van der Waals surface area contributed by atoms with Gasteiger partial charge in [-0.2, -0.15) is 8.78 Å². The Balaban J connectivity index is 1.93. The van der Waals surface area contributed by atoms with Crippen molar-refractivity contribution in [1.29, 1.82) is 0 Å². The Bertz CT molecular complexity index is 509. The van der Waals surface area contributed by atoms with Crippen LogP contribution in [0.4, 0.5) is 13.2 Å². The summed E-state index contributed by atoms with van der Waals surface area (Å²) in [6, 6.07) is 5.36. The van der Waals surface area contributed by atoms with Gasteiger partial charge in [-0.15, -0.1) is 0 Å². The number of rotatable bonds is 5. The lowest BCUT2D eigenvalue weighted by molar-refractivity contribution is -0.163. The van der Waals surface area contributed by atoms with Crippen molar-refractivity contribution in [3.63, 3.8) is 0 Å². The maximum absolute atomic E-state index is 14.2. The van der Waals surface area contributed by atoms with E-state index in [0.29, 0.717) is 31.2 Å². The largest absolute Gasteiger partial charge is 0.458 e. The number of benzene rings is 1. The van der Waals surface area contributed by atoms with Crippen molar-refractivity contribution in [3.8, 4) is 0 Å². The minimum Gasteiger partial charge on any atom is -0.458 e. The van der Waals surface area contributed by atoms with Gasteiger partial charge in [0.15, 0.2) is 0 Å². The molecular formula is C17H21F3O2. The van der Waals surface area contributed by atoms with Crippen LogP contribution in [0.15, 0.2) is 18.2 Å². The first-order chi connectivity index (χ1) is 10.5. The molecule has 1 aromatic carbocycles. The highest BCUT2D eigenvalue weighted by Gasteiger charge is 2.28. The number of carbonyl (C=O) groups excluding carboxylic acids is 1.